The van der Waals surface area contributed by atoms with Crippen LogP contribution in [-0.2, 0) is 14.3 Å². The standard InChI is InChI=1S/C8H9NO3/c10-7-5-3-1-2-4(12-3)6(5)8(11)9-7/h3-6H,1-2H2,(H,9,10,11)/t3-,4+,5+,6-. The third-order valence-electron chi connectivity index (χ3n) is 3.13. The summed E-state index contributed by atoms with van der Waals surface area (Å²) in [5.74, 6) is -0.595. The van der Waals surface area contributed by atoms with Gasteiger partial charge in [-0.25, -0.2) is 0 Å². The Labute approximate surface area is 69.3 Å². The monoisotopic (exact) mass is 167 g/mol. The SMILES string of the molecule is O=C1NC(=O)[C@H]2[C@@H]1[C@H]1CC[C@@H]2O1. The second-order valence-electron chi connectivity index (χ2n) is 3.70. The Bertz CT molecular complexity index is 249. The van der Waals surface area contributed by atoms with E-state index in [9.17, 15) is 9.59 Å². The topological polar surface area (TPSA) is 55.4 Å². The zero-order valence-electron chi connectivity index (χ0n) is 6.45. The quantitative estimate of drug-likeness (QED) is 0.492. The Morgan fingerprint density at radius 3 is 2.08 bits per heavy atom. The highest BCUT2D eigenvalue weighted by Gasteiger charge is 2.59. The predicted molar refractivity (Wildman–Crippen MR) is 38.0 cm³/mol. The van der Waals surface area contributed by atoms with E-state index in [1.54, 1.807) is 0 Å². The van der Waals surface area contributed by atoms with Gasteiger partial charge in [-0.15, -0.1) is 0 Å². The molecule has 0 aromatic heterocycles. The van der Waals surface area contributed by atoms with Crippen LogP contribution in [0.2, 0.25) is 0 Å². The molecule has 3 heterocycles. The number of hydrogen-bond acceptors (Lipinski definition) is 3. The summed E-state index contributed by atoms with van der Waals surface area (Å²) in [5.41, 5.74) is 0. The van der Waals surface area contributed by atoms with Crippen LogP contribution in [-0.4, -0.2) is 24.0 Å². The molecule has 0 aromatic carbocycles. The Balaban J connectivity index is 2.03. The fraction of sp³-hybridized carbons (Fsp3) is 0.750. The molecule has 2 bridgehead atoms. The maximum absolute atomic E-state index is 11.2. The smallest absolute Gasteiger partial charge is 0.233 e. The van der Waals surface area contributed by atoms with Gasteiger partial charge in [-0.2, -0.15) is 0 Å². The second kappa shape index (κ2) is 1.88. The van der Waals surface area contributed by atoms with E-state index in [2.05, 4.69) is 5.32 Å². The summed E-state index contributed by atoms with van der Waals surface area (Å²) in [7, 11) is 0. The van der Waals surface area contributed by atoms with Gasteiger partial charge in [0.05, 0.1) is 24.0 Å². The second-order valence-corrected chi connectivity index (χ2v) is 3.70. The molecule has 0 radical (unpaired) electrons. The van der Waals surface area contributed by atoms with Crippen LogP contribution in [0.1, 0.15) is 12.8 Å². The van der Waals surface area contributed by atoms with Crippen molar-refractivity contribution in [1.82, 2.24) is 5.32 Å². The number of imide groups is 1. The van der Waals surface area contributed by atoms with Gasteiger partial charge in [0.1, 0.15) is 0 Å². The Kier molecular flexibility index (Phi) is 1.03. The summed E-state index contributed by atoms with van der Waals surface area (Å²) in [4.78, 5) is 22.5. The van der Waals surface area contributed by atoms with Crippen LogP contribution >= 0.6 is 0 Å². The molecule has 0 aromatic rings. The first-order valence-electron chi connectivity index (χ1n) is 4.27. The van der Waals surface area contributed by atoms with Gasteiger partial charge in [-0.1, -0.05) is 0 Å². The van der Waals surface area contributed by atoms with Crippen LogP contribution < -0.4 is 5.32 Å². The lowest BCUT2D eigenvalue weighted by molar-refractivity contribution is -0.128. The molecule has 0 spiro atoms. The Hall–Kier alpha value is -0.900. The van der Waals surface area contributed by atoms with Crippen molar-refractivity contribution in [3.8, 4) is 0 Å². The van der Waals surface area contributed by atoms with Gasteiger partial charge < -0.3 is 4.74 Å². The van der Waals surface area contributed by atoms with Crippen molar-refractivity contribution in [3.63, 3.8) is 0 Å². The number of nitrogens with one attached hydrogen (secondary N) is 1. The highest BCUT2D eigenvalue weighted by Crippen LogP contribution is 2.45. The van der Waals surface area contributed by atoms with Crippen LogP contribution in [0.25, 0.3) is 0 Å². The summed E-state index contributed by atoms with van der Waals surface area (Å²) in [6, 6.07) is 0. The zero-order chi connectivity index (χ0) is 8.29. The van der Waals surface area contributed by atoms with Crippen molar-refractivity contribution in [2.45, 2.75) is 25.0 Å². The molecule has 3 rings (SSSR count). The predicted octanol–water partition coefficient (Wildman–Crippen LogP) is -0.564. The lowest BCUT2D eigenvalue weighted by atomic mass is 9.81. The number of hydrogen-bond donors (Lipinski definition) is 1. The molecule has 4 nitrogen and oxygen atoms in total. The van der Waals surface area contributed by atoms with Crippen LogP contribution in [0.4, 0.5) is 0 Å². The number of amides is 2. The number of rotatable bonds is 0. The highest BCUT2D eigenvalue weighted by atomic mass is 16.5. The van der Waals surface area contributed by atoms with E-state index in [1.165, 1.54) is 0 Å². The van der Waals surface area contributed by atoms with Crippen molar-refractivity contribution in [3.05, 3.63) is 0 Å². The Morgan fingerprint density at radius 2 is 1.58 bits per heavy atom. The maximum Gasteiger partial charge on any atom is 0.233 e. The molecular weight excluding hydrogens is 158 g/mol. The summed E-state index contributed by atoms with van der Waals surface area (Å²) in [6.07, 6.45) is 1.91. The Morgan fingerprint density at radius 1 is 1.08 bits per heavy atom. The van der Waals surface area contributed by atoms with Crippen molar-refractivity contribution >= 4 is 11.8 Å². The molecule has 0 saturated carbocycles. The molecule has 1 N–H and O–H groups in total. The normalized spacial score (nSPS) is 49.7. The van der Waals surface area contributed by atoms with E-state index in [0.717, 1.165) is 12.8 Å². The first kappa shape index (κ1) is 6.60. The lowest BCUT2D eigenvalue weighted by Gasteiger charge is -2.15. The summed E-state index contributed by atoms with van der Waals surface area (Å²) < 4.78 is 5.50. The molecule has 12 heavy (non-hydrogen) atoms. The van der Waals surface area contributed by atoms with E-state index < -0.39 is 0 Å². The minimum atomic E-state index is -0.170. The van der Waals surface area contributed by atoms with Gasteiger partial charge in [0.2, 0.25) is 11.8 Å². The molecule has 2 amide bonds. The van der Waals surface area contributed by atoms with Crippen LogP contribution in [0.15, 0.2) is 0 Å². The molecule has 3 fully saturated rings. The number of carbonyl (C=O) groups excluding carboxylic acids is 2. The molecule has 3 aliphatic heterocycles. The minimum Gasteiger partial charge on any atom is -0.373 e. The zero-order valence-corrected chi connectivity index (χ0v) is 6.45. The van der Waals surface area contributed by atoms with E-state index in [1.807, 2.05) is 0 Å². The van der Waals surface area contributed by atoms with E-state index in [0.29, 0.717) is 0 Å². The fourth-order valence-corrected chi connectivity index (χ4v) is 2.63. The lowest BCUT2D eigenvalue weighted by Crippen LogP contribution is -2.29. The molecule has 3 saturated heterocycles. The van der Waals surface area contributed by atoms with Gasteiger partial charge in [0, 0.05) is 0 Å². The highest BCUT2D eigenvalue weighted by molar-refractivity contribution is 6.06. The van der Waals surface area contributed by atoms with Crippen molar-refractivity contribution in [1.29, 1.82) is 0 Å². The van der Waals surface area contributed by atoms with Gasteiger partial charge in [0.15, 0.2) is 0 Å². The molecular formula is C8H9NO3. The minimum absolute atomic E-state index is 0.0199. The number of carbonyl (C=O) groups is 2. The van der Waals surface area contributed by atoms with E-state index in [4.69, 9.17) is 4.74 Å². The molecule has 4 atom stereocenters. The van der Waals surface area contributed by atoms with Gasteiger partial charge in [0.25, 0.3) is 0 Å². The van der Waals surface area contributed by atoms with Crippen LogP contribution in [0, 0.1) is 11.8 Å². The third kappa shape index (κ3) is 0.579. The van der Waals surface area contributed by atoms with Crippen LogP contribution in [0.3, 0.4) is 0 Å². The summed E-state index contributed by atoms with van der Waals surface area (Å²) in [5, 5.41) is 2.36. The first-order valence-corrected chi connectivity index (χ1v) is 4.27. The molecule has 4 heteroatoms. The molecule has 0 unspecified atom stereocenters. The van der Waals surface area contributed by atoms with Gasteiger partial charge in [-0.05, 0) is 12.8 Å². The first-order chi connectivity index (χ1) is 5.77. The van der Waals surface area contributed by atoms with Crippen LogP contribution in [0.5, 0.6) is 0 Å². The van der Waals surface area contributed by atoms with Crippen molar-refractivity contribution in [2.75, 3.05) is 0 Å². The largest absolute Gasteiger partial charge is 0.373 e. The van der Waals surface area contributed by atoms with Crippen molar-refractivity contribution < 1.29 is 14.3 Å². The summed E-state index contributed by atoms with van der Waals surface area (Å²) >= 11 is 0. The average Bonchev–Trinajstić information content (AvgIpc) is 2.64. The van der Waals surface area contributed by atoms with E-state index in [-0.39, 0.29) is 35.9 Å². The van der Waals surface area contributed by atoms with Crippen molar-refractivity contribution in [2.24, 2.45) is 11.8 Å². The number of ether oxygens (including phenoxy) is 1. The molecule has 0 aliphatic carbocycles. The van der Waals surface area contributed by atoms with Gasteiger partial charge >= 0.3 is 0 Å². The van der Waals surface area contributed by atoms with E-state index >= 15 is 0 Å². The fourth-order valence-electron chi connectivity index (χ4n) is 2.63. The molecule has 3 aliphatic rings. The third-order valence-corrected chi connectivity index (χ3v) is 3.13. The molecule has 64 valence electrons. The van der Waals surface area contributed by atoms with Gasteiger partial charge in [-0.3, -0.25) is 14.9 Å². The maximum atomic E-state index is 11.2. The number of fused-ring (bicyclic) bond motifs is 5. The average molecular weight is 167 g/mol. The summed E-state index contributed by atoms with van der Waals surface area (Å²) in [6.45, 7) is 0.